The summed E-state index contributed by atoms with van der Waals surface area (Å²) in [5.74, 6) is -0.0328. The molecule has 2 fully saturated rings. The van der Waals surface area contributed by atoms with Crippen molar-refractivity contribution < 1.29 is 14.0 Å². The number of aromatic nitrogens is 1. The van der Waals surface area contributed by atoms with Crippen LogP contribution >= 0.6 is 0 Å². The molecule has 1 aromatic heterocycles. The highest BCUT2D eigenvalue weighted by atomic mass is 19.1. The molecule has 0 saturated carbocycles. The van der Waals surface area contributed by atoms with E-state index in [4.69, 9.17) is 0 Å². The third kappa shape index (κ3) is 3.04. The van der Waals surface area contributed by atoms with Crippen molar-refractivity contribution in [2.24, 2.45) is 18.9 Å². The fraction of sp³-hybridized carbons (Fsp3) is 0.429. The molecule has 2 aliphatic heterocycles. The number of rotatable bonds is 2. The average molecular weight is 384 g/mol. The fourth-order valence-corrected chi connectivity index (χ4v) is 4.63. The number of hydrogen-bond donors (Lipinski definition) is 0. The first-order valence-corrected chi connectivity index (χ1v) is 9.51. The Morgan fingerprint density at radius 1 is 1.11 bits per heavy atom. The molecule has 3 atom stereocenters. The molecule has 2 aromatic rings. The molecule has 0 unspecified atom stereocenters. The molecule has 0 radical (unpaired) electrons. The summed E-state index contributed by atoms with van der Waals surface area (Å²) in [6.45, 7) is 1.74. The zero-order valence-electron chi connectivity index (χ0n) is 16.4. The molecule has 1 aromatic carbocycles. The van der Waals surface area contributed by atoms with Crippen LogP contribution in [0.15, 0.2) is 42.6 Å². The lowest BCUT2D eigenvalue weighted by molar-refractivity contribution is 0.0757. The Morgan fingerprint density at radius 2 is 1.89 bits per heavy atom. The smallest absolute Gasteiger partial charge is 0.320 e. The normalized spacial score (nSPS) is 23.8. The lowest BCUT2D eigenvalue weighted by Gasteiger charge is -2.32. The number of hydrogen-bond acceptors (Lipinski definition) is 2. The van der Waals surface area contributed by atoms with E-state index < -0.39 is 0 Å². The predicted molar refractivity (Wildman–Crippen MR) is 103 cm³/mol. The van der Waals surface area contributed by atoms with Crippen molar-refractivity contribution in [1.29, 1.82) is 0 Å². The van der Waals surface area contributed by atoms with Gasteiger partial charge in [-0.3, -0.25) is 4.79 Å². The summed E-state index contributed by atoms with van der Waals surface area (Å²) in [4.78, 5) is 31.0. The van der Waals surface area contributed by atoms with Crippen LogP contribution in [0.1, 0.15) is 22.1 Å². The number of halogens is 1. The summed E-state index contributed by atoms with van der Waals surface area (Å²) >= 11 is 0. The van der Waals surface area contributed by atoms with E-state index in [1.807, 2.05) is 45.8 Å². The number of fused-ring (bicyclic) bond motifs is 1. The lowest BCUT2D eigenvalue weighted by Crippen LogP contribution is -2.42. The maximum Gasteiger partial charge on any atom is 0.320 e. The van der Waals surface area contributed by atoms with Gasteiger partial charge in [0.25, 0.3) is 5.91 Å². The highest BCUT2D eigenvalue weighted by Crippen LogP contribution is 2.45. The molecule has 6 nitrogen and oxygen atoms in total. The van der Waals surface area contributed by atoms with Crippen molar-refractivity contribution in [1.82, 2.24) is 19.3 Å². The van der Waals surface area contributed by atoms with Gasteiger partial charge in [-0.1, -0.05) is 12.1 Å². The minimum Gasteiger partial charge on any atom is -0.347 e. The number of benzene rings is 1. The summed E-state index contributed by atoms with van der Waals surface area (Å²) in [6, 6.07) is 9.83. The second-order valence-corrected chi connectivity index (χ2v) is 7.97. The van der Waals surface area contributed by atoms with Crippen LogP contribution in [-0.2, 0) is 7.05 Å². The molecule has 3 heterocycles. The first-order chi connectivity index (χ1) is 13.4. The number of carbonyl (C=O) groups is 2. The highest BCUT2D eigenvalue weighted by molar-refractivity contribution is 5.93. The number of nitrogens with zero attached hydrogens (tertiary/aromatic N) is 4. The number of carbonyl (C=O) groups excluding carboxylic acids is 2. The zero-order chi connectivity index (χ0) is 20.0. The third-order valence-corrected chi connectivity index (χ3v) is 5.93. The van der Waals surface area contributed by atoms with E-state index in [-0.39, 0.29) is 35.6 Å². The van der Waals surface area contributed by atoms with E-state index in [9.17, 15) is 14.0 Å². The second kappa shape index (κ2) is 6.96. The fourth-order valence-electron chi connectivity index (χ4n) is 4.63. The molecule has 148 valence electrons. The molecular weight excluding hydrogens is 359 g/mol. The zero-order valence-corrected chi connectivity index (χ0v) is 16.4. The van der Waals surface area contributed by atoms with Crippen molar-refractivity contribution in [3.63, 3.8) is 0 Å². The van der Waals surface area contributed by atoms with E-state index in [2.05, 4.69) is 0 Å². The van der Waals surface area contributed by atoms with E-state index in [0.29, 0.717) is 25.3 Å². The minimum atomic E-state index is -0.312. The van der Waals surface area contributed by atoms with Gasteiger partial charge in [0.2, 0.25) is 0 Å². The number of likely N-dealkylation sites (tertiary alicyclic amines) is 2. The third-order valence-electron chi connectivity index (χ3n) is 5.93. The molecule has 2 aliphatic rings. The van der Waals surface area contributed by atoms with Crippen molar-refractivity contribution in [3.05, 3.63) is 59.7 Å². The van der Waals surface area contributed by atoms with Gasteiger partial charge in [-0.05, 0) is 29.8 Å². The molecule has 7 heteroatoms. The molecule has 2 saturated heterocycles. The van der Waals surface area contributed by atoms with Crippen molar-refractivity contribution in [2.45, 2.75) is 6.04 Å². The number of amides is 3. The summed E-state index contributed by atoms with van der Waals surface area (Å²) in [6.07, 6.45) is 1.86. The Balaban J connectivity index is 1.63. The van der Waals surface area contributed by atoms with Gasteiger partial charge < -0.3 is 19.3 Å². The van der Waals surface area contributed by atoms with E-state index >= 15 is 0 Å². The van der Waals surface area contributed by atoms with Gasteiger partial charge in [0.1, 0.15) is 11.5 Å². The topological polar surface area (TPSA) is 48.8 Å². The van der Waals surface area contributed by atoms with E-state index in [1.165, 1.54) is 12.1 Å². The quantitative estimate of drug-likeness (QED) is 0.799. The van der Waals surface area contributed by atoms with Crippen LogP contribution in [0.2, 0.25) is 0 Å². The van der Waals surface area contributed by atoms with Gasteiger partial charge in [0.15, 0.2) is 0 Å². The maximum atomic E-state index is 13.9. The van der Waals surface area contributed by atoms with Gasteiger partial charge >= 0.3 is 6.03 Å². The van der Waals surface area contributed by atoms with Crippen LogP contribution in [0.3, 0.4) is 0 Å². The first kappa shape index (κ1) is 18.5. The monoisotopic (exact) mass is 384 g/mol. The minimum absolute atomic E-state index is 0.00498. The van der Waals surface area contributed by atoms with Crippen molar-refractivity contribution >= 4 is 11.9 Å². The van der Waals surface area contributed by atoms with Crippen LogP contribution in [0.5, 0.6) is 0 Å². The Hall–Kier alpha value is -2.83. The molecular formula is C21H25FN4O2. The molecule has 0 N–H and O–H groups in total. The maximum absolute atomic E-state index is 13.9. The van der Waals surface area contributed by atoms with Crippen LogP contribution in [0, 0.1) is 17.7 Å². The van der Waals surface area contributed by atoms with Crippen molar-refractivity contribution in [3.8, 4) is 0 Å². The molecule has 28 heavy (non-hydrogen) atoms. The number of urea groups is 1. The number of aryl methyl sites for hydroxylation is 1. The SMILES string of the molecule is CN(C)C(=O)N1C[C@H]2CN(C(=O)c3cccn3C)C[C@H]2[C@@H]1c1cccc(F)c1. The van der Waals surface area contributed by atoms with Crippen LogP contribution < -0.4 is 0 Å². The average Bonchev–Trinajstić information content (AvgIpc) is 3.33. The molecule has 0 spiro atoms. The Labute approximate surface area is 164 Å². The second-order valence-electron chi connectivity index (χ2n) is 7.97. The molecule has 3 amide bonds. The first-order valence-electron chi connectivity index (χ1n) is 9.51. The lowest BCUT2D eigenvalue weighted by atomic mass is 9.89. The van der Waals surface area contributed by atoms with Gasteiger partial charge in [-0.15, -0.1) is 0 Å². The van der Waals surface area contributed by atoms with Gasteiger partial charge in [-0.2, -0.15) is 0 Å². The Morgan fingerprint density at radius 3 is 2.54 bits per heavy atom. The van der Waals surface area contributed by atoms with Crippen LogP contribution in [0.25, 0.3) is 0 Å². The highest BCUT2D eigenvalue weighted by Gasteiger charge is 2.50. The summed E-state index contributed by atoms with van der Waals surface area (Å²) in [7, 11) is 5.31. The summed E-state index contributed by atoms with van der Waals surface area (Å²) < 4.78 is 15.7. The van der Waals surface area contributed by atoms with Gasteiger partial charge in [0, 0.05) is 58.8 Å². The summed E-state index contributed by atoms with van der Waals surface area (Å²) in [5, 5.41) is 0. The standard InChI is InChI=1S/C21H25FN4O2/c1-23(2)21(28)26-12-15-11-25(20(27)18-8-5-9-24(18)3)13-17(15)19(26)14-6-4-7-16(22)10-14/h4-10,15,17,19H,11-13H2,1-3H3/t15-,17-,19+/m1/s1. The largest absolute Gasteiger partial charge is 0.347 e. The van der Waals surface area contributed by atoms with E-state index in [0.717, 1.165) is 5.56 Å². The molecule has 4 rings (SSSR count). The predicted octanol–water partition coefficient (Wildman–Crippen LogP) is 2.59. The van der Waals surface area contributed by atoms with Crippen molar-refractivity contribution in [2.75, 3.05) is 33.7 Å². The Bertz CT molecular complexity index is 909. The van der Waals surface area contributed by atoms with Crippen LogP contribution in [-0.4, -0.2) is 64.9 Å². The van der Waals surface area contributed by atoms with Gasteiger partial charge in [-0.25, -0.2) is 9.18 Å². The van der Waals surface area contributed by atoms with Gasteiger partial charge in [0.05, 0.1) is 6.04 Å². The Kier molecular flexibility index (Phi) is 4.61. The molecule has 0 aliphatic carbocycles. The van der Waals surface area contributed by atoms with Crippen LogP contribution in [0.4, 0.5) is 9.18 Å². The summed E-state index contributed by atoms with van der Waals surface area (Å²) in [5.41, 5.74) is 1.44. The molecule has 0 bridgehead atoms. The van der Waals surface area contributed by atoms with E-state index in [1.54, 1.807) is 25.1 Å².